The molecular formula is C19H34N4O4. The van der Waals surface area contributed by atoms with Crippen molar-refractivity contribution in [1.82, 2.24) is 16.0 Å². The van der Waals surface area contributed by atoms with Crippen molar-refractivity contribution in [2.45, 2.75) is 70.7 Å². The Morgan fingerprint density at radius 2 is 1.89 bits per heavy atom. The fourth-order valence-corrected chi connectivity index (χ4v) is 3.98. The number of ketones is 1. The summed E-state index contributed by atoms with van der Waals surface area (Å²) < 4.78 is 0. The number of aliphatic hydroxyl groups is 1. The first-order valence-corrected chi connectivity index (χ1v) is 9.84. The molecule has 8 nitrogen and oxygen atoms in total. The number of aliphatic hydroxyl groups excluding tert-OH is 1. The van der Waals surface area contributed by atoms with Gasteiger partial charge in [0, 0.05) is 12.6 Å². The minimum atomic E-state index is -1.12. The average molecular weight is 383 g/mol. The van der Waals surface area contributed by atoms with Crippen molar-refractivity contribution in [3.63, 3.8) is 0 Å². The largest absolute Gasteiger partial charge is 0.391 e. The molecule has 6 atom stereocenters. The van der Waals surface area contributed by atoms with Gasteiger partial charge in [-0.05, 0) is 51.5 Å². The molecule has 2 aliphatic rings. The number of carbonyl (C=O) groups excluding carboxylic acids is 3. The molecule has 0 bridgehead atoms. The number of piperidine rings is 1. The lowest BCUT2D eigenvalue weighted by Crippen LogP contribution is -2.59. The van der Waals surface area contributed by atoms with Crippen LogP contribution >= 0.6 is 0 Å². The molecule has 0 spiro atoms. The molecule has 154 valence electrons. The van der Waals surface area contributed by atoms with E-state index < -0.39 is 29.6 Å². The molecule has 27 heavy (non-hydrogen) atoms. The van der Waals surface area contributed by atoms with Crippen LogP contribution in [-0.4, -0.2) is 59.5 Å². The van der Waals surface area contributed by atoms with Crippen LogP contribution in [0, 0.1) is 17.8 Å². The highest BCUT2D eigenvalue weighted by Crippen LogP contribution is 2.35. The van der Waals surface area contributed by atoms with Crippen molar-refractivity contribution in [2.24, 2.45) is 23.5 Å². The summed E-state index contributed by atoms with van der Waals surface area (Å²) in [6.07, 6.45) is 1.08. The molecule has 1 aliphatic heterocycles. The average Bonchev–Trinajstić information content (AvgIpc) is 3.22. The van der Waals surface area contributed by atoms with Crippen LogP contribution in [0.5, 0.6) is 0 Å². The third-order valence-electron chi connectivity index (χ3n) is 5.67. The number of hydrogen-bond acceptors (Lipinski definition) is 6. The predicted molar refractivity (Wildman–Crippen MR) is 102 cm³/mol. The van der Waals surface area contributed by atoms with E-state index in [0.717, 1.165) is 19.4 Å². The Balaban J connectivity index is 1.97. The van der Waals surface area contributed by atoms with E-state index in [0.29, 0.717) is 24.8 Å². The minimum Gasteiger partial charge on any atom is -0.391 e. The Hall–Kier alpha value is -1.51. The first kappa shape index (κ1) is 21.8. The topological polar surface area (TPSA) is 134 Å². The maximum Gasteiger partial charge on any atom is 0.246 e. The third-order valence-corrected chi connectivity index (χ3v) is 5.67. The molecule has 0 aromatic carbocycles. The first-order chi connectivity index (χ1) is 12.6. The van der Waals surface area contributed by atoms with Crippen LogP contribution in [0.2, 0.25) is 0 Å². The maximum absolute atomic E-state index is 12.7. The second-order valence-electron chi connectivity index (χ2n) is 8.64. The highest BCUT2D eigenvalue weighted by molar-refractivity contribution is 5.98. The summed E-state index contributed by atoms with van der Waals surface area (Å²) >= 11 is 0. The Kier molecular flexibility index (Phi) is 6.99. The molecular weight excluding hydrogens is 348 g/mol. The Morgan fingerprint density at radius 3 is 2.37 bits per heavy atom. The number of amides is 2. The SMILES string of the molecule is CC(=O)C1(NC(=O)[C@@H](NC(=O)C2CNCC(CC(C)C)C2)C(C)O)CC1N. The monoisotopic (exact) mass is 382 g/mol. The van der Waals surface area contributed by atoms with Gasteiger partial charge in [-0.15, -0.1) is 0 Å². The van der Waals surface area contributed by atoms with Crippen LogP contribution in [0.4, 0.5) is 0 Å². The van der Waals surface area contributed by atoms with E-state index in [-0.39, 0.29) is 17.6 Å². The molecule has 0 aromatic heterocycles. The molecule has 8 heteroatoms. The van der Waals surface area contributed by atoms with Crippen LogP contribution < -0.4 is 21.7 Å². The predicted octanol–water partition coefficient (Wildman–Crippen LogP) is -0.701. The second kappa shape index (κ2) is 8.67. The van der Waals surface area contributed by atoms with Gasteiger partial charge in [0.25, 0.3) is 0 Å². The summed E-state index contributed by atoms with van der Waals surface area (Å²) in [7, 11) is 0. The van der Waals surface area contributed by atoms with E-state index >= 15 is 0 Å². The van der Waals surface area contributed by atoms with Gasteiger partial charge in [-0.3, -0.25) is 14.4 Å². The number of rotatable bonds is 8. The molecule has 2 amide bonds. The molecule has 5 unspecified atom stereocenters. The van der Waals surface area contributed by atoms with Gasteiger partial charge in [0.15, 0.2) is 5.78 Å². The zero-order valence-corrected chi connectivity index (χ0v) is 16.7. The van der Waals surface area contributed by atoms with Crippen LogP contribution in [-0.2, 0) is 14.4 Å². The van der Waals surface area contributed by atoms with Gasteiger partial charge in [-0.25, -0.2) is 0 Å². The maximum atomic E-state index is 12.7. The van der Waals surface area contributed by atoms with Crippen molar-refractivity contribution >= 4 is 17.6 Å². The minimum absolute atomic E-state index is 0.216. The number of Topliss-reactive ketones (excluding diaryl/α,β-unsaturated/α-hetero) is 1. The highest BCUT2D eigenvalue weighted by Gasteiger charge is 2.58. The van der Waals surface area contributed by atoms with Crippen LogP contribution in [0.15, 0.2) is 0 Å². The number of hydrogen-bond donors (Lipinski definition) is 5. The number of nitrogens with one attached hydrogen (secondary N) is 3. The van der Waals surface area contributed by atoms with E-state index in [9.17, 15) is 19.5 Å². The first-order valence-electron chi connectivity index (χ1n) is 9.84. The molecule has 1 saturated carbocycles. The quantitative estimate of drug-likeness (QED) is 0.377. The smallest absolute Gasteiger partial charge is 0.246 e. The normalized spacial score (nSPS) is 32.5. The second-order valence-corrected chi connectivity index (χ2v) is 8.64. The Labute approximate surface area is 161 Å². The fraction of sp³-hybridized carbons (Fsp3) is 0.842. The van der Waals surface area contributed by atoms with Crippen LogP contribution in [0.25, 0.3) is 0 Å². The molecule has 2 fully saturated rings. The van der Waals surface area contributed by atoms with Crippen molar-refractivity contribution in [2.75, 3.05) is 13.1 Å². The molecule has 1 aliphatic carbocycles. The van der Waals surface area contributed by atoms with Gasteiger partial charge >= 0.3 is 0 Å². The Morgan fingerprint density at radius 1 is 1.26 bits per heavy atom. The summed E-state index contributed by atoms with van der Waals surface area (Å²) in [6, 6.07) is -1.55. The van der Waals surface area contributed by atoms with E-state index in [1.807, 2.05) is 0 Å². The zero-order chi connectivity index (χ0) is 20.4. The van der Waals surface area contributed by atoms with Crippen molar-refractivity contribution in [3.05, 3.63) is 0 Å². The van der Waals surface area contributed by atoms with Gasteiger partial charge in [0.1, 0.15) is 11.6 Å². The third kappa shape index (κ3) is 5.27. The van der Waals surface area contributed by atoms with E-state index in [1.165, 1.54) is 13.8 Å². The summed E-state index contributed by atoms with van der Waals surface area (Å²) in [5.41, 5.74) is 4.74. The van der Waals surface area contributed by atoms with Crippen LogP contribution in [0.3, 0.4) is 0 Å². The van der Waals surface area contributed by atoms with Gasteiger partial charge in [0.2, 0.25) is 11.8 Å². The molecule has 0 aromatic rings. The summed E-state index contributed by atoms with van der Waals surface area (Å²) in [6.45, 7) is 8.58. The fourth-order valence-electron chi connectivity index (χ4n) is 3.98. The Bertz CT molecular complexity index is 580. The van der Waals surface area contributed by atoms with Gasteiger partial charge < -0.3 is 26.8 Å². The van der Waals surface area contributed by atoms with Gasteiger partial charge in [-0.1, -0.05) is 13.8 Å². The lowest BCUT2D eigenvalue weighted by molar-refractivity contribution is -0.135. The molecule has 6 N–H and O–H groups in total. The zero-order valence-electron chi connectivity index (χ0n) is 16.7. The standard InChI is InChI=1S/C19H34N4O4/c1-10(2)5-13-6-14(9-21-8-13)17(26)22-16(11(3)24)18(27)23-19(12(4)25)7-15(19)20/h10-11,13-16,21,24H,5-9,20H2,1-4H3,(H,22,26)(H,23,27)/t11?,13?,14?,15?,16-,19?/m0/s1. The number of nitrogens with two attached hydrogens (primary N) is 1. The van der Waals surface area contributed by atoms with Crippen LogP contribution in [0.1, 0.15) is 47.0 Å². The van der Waals surface area contributed by atoms with Crippen molar-refractivity contribution < 1.29 is 19.5 Å². The van der Waals surface area contributed by atoms with E-state index in [4.69, 9.17) is 5.73 Å². The molecule has 2 rings (SSSR count). The van der Waals surface area contributed by atoms with Crippen molar-refractivity contribution in [1.29, 1.82) is 0 Å². The lowest BCUT2D eigenvalue weighted by Gasteiger charge is -2.32. The molecule has 0 radical (unpaired) electrons. The number of carbonyl (C=O) groups is 3. The lowest BCUT2D eigenvalue weighted by atomic mass is 9.84. The summed E-state index contributed by atoms with van der Waals surface area (Å²) in [4.78, 5) is 37.1. The van der Waals surface area contributed by atoms with E-state index in [1.54, 1.807) is 0 Å². The van der Waals surface area contributed by atoms with E-state index in [2.05, 4.69) is 29.8 Å². The van der Waals surface area contributed by atoms with Gasteiger partial charge in [-0.2, -0.15) is 0 Å². The molecule has 1 heterocycles. The molecule has 1 saturated heterocycles. The summed E-state index contributed by atoms with van der Waals surface area (Å²) in [5.74, 6) is -0.328. The van der Waals surface area contributed by atoms with Gasteiger partial charge in [0.05, 0.1) is 12.0 Å². The van der Waals surface area contributed by atoms with Crippen molar-refractivity contribution in [3.8, 4) is 0 Å². The highest BCUT2D eigenvalue weighted by atomic mass is 16.3. The summed E-state index contributed by atoms with van der Waals surface area (Å²) in [5, 5.41) is 18.6.